The summed E-state index contributed by atoms with van der Waals surface area (Å²) in [4.78, 5) is 11.9. The summed E-state index contributed by atoms with van der Waals surface area (Å²) in [5.74, 6) is -0.194. The molecule has 3 aromatic rings. The van der Waals surface area contributed by atoms with E-state index in [1.165, 1.54) is 30.5 Å². The van der Waals surface area contributed by atoms with Crippen molar-refractivity contribution < 1.29 is 13.9 Å². The highest BCUT2D eigenvalue weighted by molar-refractivity contribution is 6.42. The summed E-state index contributed by atoms with van der Waals surface area (Å²) in [7, 11) is 0. The second-order valence-corrected chi connectivity index (χ2v) is 6.63. The van der Waals surface area contributed by atoms with E-state index in [4.69, 9.17) is 27.9 Å². The molecule has 0 bridgehead atoms. The smallest absolute Gasteiger partial charge is 0.271 e. The third-order valence-electron chi connectivity index (χ3n) is 3.73. The van der Waals surface area contributed by atoms with Crippen LogP contribution in [0.3, 0.4) is 0 Å². The molecule has 0 aliphatic rings. The summed E-state index contributed by atoms with van der Waals surface area (Å²) in [6.45, 7) is 0.332. The molecule has 0 radical (unpaired) electrons. The number of hydrogen-bond donors (Lipinski definition) is 1. The van der Waals surface area contributed by atoms with Gasteiger partial charge in [0.1, 0.15) is 18.2 Å². The van der Waals surface area contributed by atoms with Crippen molar-refractivity contribution in [1.82, 2.24) is 5.43 Å². The van der Waals surface area contributed by atoms with Crippen LogP contribution in [0.5, 0.6) is 5.75 Å². The largest absolute Gasteiger partial charge is 0.489 e. The van der Waals surface area contributed by atoms with E-state index in [9.17, 15) is 9.18 Å². The Bertz CT molecular complexity index is 1010. The molecule has 1 amide bonds. The SMILES string of the molecule is O=C(N/N=C\c1cccc(OCc2ccc(Cl)c(Cl)c2)c1)c1ccc(F)cc1. The first-order valence-electron chi connectivity index (χ1n) is 8.27. The number of carbonyl (C=O) groups is 1. The van der Waals surface area contributed by atoms with Gasteiger partial charge in [-0.2, -0.15) is 5.10 Å². The Balaban J connectivity index is 1.58. The van der Waals surface area contributed by atoms with Gasteiger partial charge < -0.3 is 4.74 Å². The molecule has 0 atom stereocenters. The van der Waals surface area contributed by atoms with Crippen molar-refractivity contribution in [3.63, 3.8) is 0 Å². The van der Waals surface area contributed by atoms with Gasteiger partial charge in [-0.05, 0) is 59.7 Å². The molecular weight excluding hydrogens is 402 g/mol. The number of rotatable bonds is 6. The predicted octanol–water partition coefficient (Wildman–Crippen LogP) is 5.48. The molecule has 3 rings (SSSR count). The Hall–Kier alpha value is -2.89. The van der Waals surface area contributed by atoms with Crippen molar-refractivity contribution in [1.29, 1.82) is 0 Å². The molecule has 0 aromatic heterocycles. The van der Waals surface area contributed by atoms with Crippen molar-refractivity contribution in [2.45, 2.75) is 6.61 Å². The lowest BCUT2D eigenvalue weighted by molar-refractivity contribution is 0.0955. The van der Waals surface area contributed by atoms with Gasteiger partial charge >= 0.3 is 0 Å². The summed E-state index contributed by atoms with van der Waals surface area (Å²) in [5.41, 5.74) is 4.34. The number of hydrazone groups is 1. The summed E-state index contributed by atoms with van der Waals surface area (Å²) >= 11 is 11.9. The molecule has 7 heteroatoms. The van der Waals surface area contributed by atoms with Gasteiger partial charge in [-0.3, -0.25) is 4.79 Å². The van der Waals surface area contributed by atoms with Gasteiger partial charge in [0.05, 0.1) is 16.3 Å². The van der Waals surface area contributed by atoms with Crippen LogP contribution in [-0.4, -0.2) is 12.1 Å². The van der Waals surface area contributed by atoms with E-state index in [1.54, 1.807) is 18.2 Å². The molecule has 0 aliphatic heterocycles. The van der Waals surface area contributed by atoms with Crippen LogP contribution in [0.15, 0.2) is 71.8 Å². The minimum absolute atomic E-state index is 0.317. The van der Waals surface area contributed by atoms with E-state index in [0.717, 1.165) is 11.1 Å². The van der Waals surface area contributed by atoms with E-state index in [-0.39, 0.29) is 0 Å². The van der Waals surface area contributed by atoms with Crippen molar-refractivity contribution >= 4 is 35.3 Å². The van der Waals surface area contributed by atoms with Crippen LogP contribution in [0.2, 0.25) is 10.0 Å². The van der Waals surface area contributed by atoms with Crippen LogP contribution in [0.25, 0.3) is 0 Å². The summed E-state index contributed by atoms with van der Waals surface area (Å²) in [6, 6.07) is 17.7. The zero-order valence-electron chi connectivity index (χ0n) is 14.5. The maximum absolute atomic E-state index is 12.9. The van der Waals surface area contributed by atoms with Gasteiger partial charge in [0.25, 0.3) is 5.91 Å². The molecule has 0 unspecified atom stereocenters. The third-order valence-corrected chi connectivity index (χ3v) is 4.47. The van der Waals surface area contributed by atoms with Crippen LogP contribution >= 0.6 is 23.2 Å². The standard InChI is InChI=1S/C21H15Cl2FN2O2/c22-19-9-4-15(11-20(19)23)13-28-18-3-1-2-14(10-18)12-25-26-21(27)16-5-7-17(24)8-6-16/h1-12H,13H2,(H,26,27)/b25-12-. The number of ether oxygens (including phenoxy) is 1. The van der Waals surface area contributed by atoms with Crippen LogP contribution < -0.4 is 10.2 Å². The molecule has 0 fully saturated rings. The topological polar surface area (TPSA) is 50.7 Å². The molecule has 142 valence electrons. The number of hydrogen-bond acceptors (Lipinski definition) is 3. The molecule has 0 heterocycles. The summed E-state index contributed by atoms with van der Waals surface area (Å²) in [6.07, 6.45) is 1.49. The van der Waals surface area contributed by atoms with Gasteiger partial charge in [0.15, 0.2) is 0 Å². The highest BCUT2D eigenvalue weighted by Gasteiger charge is 2.04. The third kappa shape index (κ3) is 5.55. The van der Waals surface area contributed by atoms with E-state index in [2.05, 4.69) is 10.5 Å². The average molecular weight is 417 g/mol. The Morgan fingerprint density at radius 3 is 2.57 bits per heavy atom. The fourth-order valence-corrected chi connectivity index (χ4v) is 2.63. The number of benzene rings is 3. The maximum Gasteiger partial charge on any atom is 0.271 e. The van der Waals surface area contributed by atoms with Crippen LogP contribution in [0.1, 0.15) is 21.5 Å². The Kier molecular flexibility index (Phi) is 6.63. The average Bonchev–Trinajstić information content (AvgIpc) is 2.70. The molecule has 3 aromatic carbocycles. The lowest BCUT2D eigenvalue weighted by atomic mass is 10.2. The number of nitrogens with one attached hydrogen (secondary N) is 1. The maximum atomic E-state index is 12.9. The minimum atomic E-state index is -0.428. The fourth-order valence-electron chi connectivity index (χ4n) is 2.31. The van der Waals surface area contributed by atoms with E-state index < -0.39 is 11.7 Å². The number of halogens is 3. The first-order chi connectivity index (χ1) is 13.5. The fraction of sp³-hybridized carbons (Fsp3) is 0.0476. The Labute approximate surface area is 171 Å². The molecule has 0 saturated heterocycles. The zero-order valence-corrected chi connectivity index (χ0v) is 16.0. The highest BCUT2D eigenvalue weighted by atomic mass is 35.5. The second kappa shape index (κ2) is 9.35. The summed E-state index contributed by atoms with van der Waals surface area (Å²) < 4.78 is 18.6. The van der Waals surface area contributed by atoms with Crippen molar-refractivity contribution in [3.8, 4) is 5.75 Å². The zero-order chi connectivity index (χ0) is 19.9. The van der Waals surface area contributed by atoms with Gasteiger partial charge in [0.2, 0.25) is 0 Å². The first kappa shape index (κ1) is 19.9. The van der Waals surface area contributed by atoms with E-state index in [1.807, 2.05) is 24.3 Å². The van der Waals surface area contributed by atoms with Crippen LogP contribution in [0, 0.1) is 5.82 Å². The number of nitrogens with zero attached hydrogens (tertiary/aromatic N) is 1. The van der Waals surface area contributed by atoms with Crippen molar-refractivity contribution in [2.24, 2.45) is 5.10 Å². The Morgan fingerprint density at radius 2 is 1.82 bits per heavy atom. The second-order valence-electron chi connectivity index (χ2n) is 5.82. The molecular formula is C21H15Cl2FN2O2. The predicted molar refractivity (Wildman–Crippen MR) is 109 cm³/mol. The lowest BCUT2D eigenvalue weighted by Crippen LogP contribution is -2.17. The molecule has 28 heavy (non-hydrogen) atoms. The minimum Gasteiger partial charge on any atom is -0.489 e. The van der Waals surface area contributed by atoms with Crippen molar-refractivity contribution in [3.05, 3.63) is 99.3 Å². The molecule has 0 aliphatic carbocycles. The van der Waals surface area contributed by atoms with Crippen LogP contribution in [-0.2, 0) is 6.61 Å². The number of amides is 1. The van der Waals surface area contributed by atoms with E-state index >= 15 is 0 Å². The number of carbonyl (C=O) groups excluding carboxylic acids is 1. The molecule has 0 saturated carbocycles. The van der Waals surface area contributed by atoms with Gasteiger partial charge in [-0.25, -0.2) is 9.82 Å². The van der Waals surface area contributed by atoms with Gasteiger partial charge in [-0.1, -0.05) is 41.4 Å². The van der Waals surface area contributed by atoms with E-state index in [0.29, 0.717) is 28.0 Å². The Morgan fingerprint density at radius 1 is 1.04 bits per heavy atom. The summed E-state index contributed by atoms with van der Waals surface area (Å²) in [5, 5.41) is 4.88. The molecule has 0 spiro atoms. The lowest BCUT2D eigenvalue weighted by Gasteiger charge is -2.08. The normalized spacial score (nSPS) is 10.8. The van der Waals surface area contributed by atoms with Gasteiger partial charge in [0, 0.05) is 5.56 Å². The van der Waals surface area contributed by atoms with Crippen molar-refractivity contribution in [2.75, 3.05) is 0 Å². The van der Waals surface area contributed by atoms with Gasteiger partial charge in [-0.15, -0.1) is 0 Å². The molecule has 4 nitrogen and oxygen atoms in total. The first-order valence-corrected chi connectivity index (χ1v) is 9.02. The quantitative estimate of drug-likeness (QED) is 0.427. The molecule has 1 N–H and O–H groups in total. The monoisotopic (exact) mass is 416 g/mol. The van der Waals surface area contributed by atoms with Crippen LogP contribution in [0.4, 0.5) is 4.39 Å². The highest BCUT2D eigenvalue weighted by Crippen LogP contribution is 2.23.